The molecule has 0 fully saturated rings. The zero-order chi connectivity index (χ0) is 27.1. The fraction of sp³-hybridized carbons (Fsp3) is 0.207. The SMILES string of the molecule is CCOC(=O)CNC(=O)c1nc(Cc2ccc(-c3ccc(-c4ccc(CO)nc4)cc3)cc2)nc(C)c1O. The molecule has 4 aromatic rings. The monoisotopic (exact) mass is 512 g/mol. The summed E-state index contributed by atoms with van der Waals surface area (Å²) in [5, 5.41) is 21.9. The number of amides is 1. The second-order valence-electron chi connectivity index (χ2n) is 8.56. The smallest absolute Gasteiger partial charge is 0.325 e. The number of aliphatic hydroxyl groups excluding tert-OH is 1. The third kappa shape index (κ3) is 6.37. The van der Waals surface area contributed by atoms with Crippen molar-refractivity contribution in [2.24, 2.45) is 0 Å². The Bertz CT molecular complexity index is 1420. The number of aryl methyl sites for hydroxylation is 1. The average molecular weight is 513 g/mol. The van der Waals surface area contributed by atoms with Crippen LogP contribution in [0.4, 0.5) is 0 Å². The second kappa shape index (κ2) is 12.1. The van der Waals surface area contributed by atoms with Crippen molar-refractivity contribution in [1.82, 2.24) is 20.3 Å². The molecule has 0 atom stereocenters. The van der Waals surface area contributed by atoms with E-state index in [1.165, 1.54) is 0 Å². The number of hydrogen-bond donors (Lipinski definition) is 3. The van der Waals surface area contributed by atoms with Crippen molar-refractivity contribution >= 4 is 11.9 Å². The summed E-state index contributed by atoms with van der Waals surface area (Å²) in [6, 6.07) is 19.8. The van der Waals surface area contributed by atoms with Crippen molar-refractivity contribution < 1.29 is 24.5 Å². The Labute approximate surface area is 220 Å². The minimum atomic E-state index is -0.679. The molecule has 2 aromatic carbocycles. The fourth-order valence-electron chi connectivity index (χ4n) is 3.85. The van der Waals surface area contributed by atoms with E-state index in [4.69, 9.17) is 9.84 Å². The van der Waals surface area contributed by atoms with Gasteiger partial charge in [0.25, 0.3) is 5.91 Å². The number of aliphatic hydroxyl groups is 1. The van der Waals surface area contributed by atoms with Crippen LogP contribution in [-0.2, 0) is 22.6 Å². The molecule has 0 saturated heterocycles. The number of pyridine rings is 1. The Morgan fingerprint density at radius 2 is 1.50 bits per heavy atom. The molecule has 0 spiro atoms. The lowest BCUT2D eigenvalue weighted by molar-refractivity contribution is -0.141. The summed E-state index contributed by atoms with van der Waals surface area (Å²) in [4.78, 5) is 36.8. The van der Waals surface area contributed by atoms with E-state index < -0.39 is 11.9 Å². The Hall–Kier alpha value is -4.63. The zero-order valence-electron chi connectivity index (χ0n) is 21.1. The summed E-state index contributed by atoms with van der Waals surface area (Å²) >= 11 is 0. The van der Waals surface area contributed by atoms with E-state index in [1.807, 2.05) is 54.6 Å². The number of carbonyl (C=O) groups is 2. The summed E-state index contributed by atoms with van der Waals surface area (Å²) in [5.74, 6) is -1.20. The van der Waals surface area contributed by atoms with Gasteiger partial charge in [-0.2, -0.15) is 0 Å². The molecule has 2 aromatic heterocycles. The van der Waals surface area contributed by atoms with E-state index >= 15 is 0 Å². The fourth-order valence-corrected chi connectivity index (χ4v) is 3.85. The van der Waals surface area contributed by atoms with Gasteiger partial charge in [0, 0.05) is 18.2 Å². The van der Waals surface area contributed by atoms with E-state index in [2.05, 4.69) is 20.3 Å². The van der Waals surface area contributed by atoms with Gasteiger partial charge < -0.3 is 20.3 Å². The zero-order valence-corrected chi connectivity index (χ0v) is 21.1. The molecule has 2 heterocycles. The van der Waals surface area contributed by atoms with Gasteiger partial charge in [-0.25, -0.2) is 9.97 Å². The normalized spacial score (nSPS) is 10.7. The van der Waals surface area contributed by atoms with Crippen LogP contribution >= 0.6 is 0 Å². The van der Waals surface area contributed by atoms with Crippen LogP contribution in [-0.4, -0.2) is 50.2 Å². The van der Waals surface area contributed by atoms with Gasteiger partial charge in [-0.3, -0.25) is 14.6 Å². The molecule has 9 heteroatoms. The van der Waals surface area contributed by atoms with Crippen molar-refractivity contribution in [2.45, 2.75) is 26.9 Å². The second-order valence-corrected chi connectivity index (χ2v) is 8.56. The standard InChI is InChI=1S/C29H28N4O5/c1-3-38-26(35)16-31-29(37)27-28(36)18(2)32-25(33-27)14-19-4-6-20(7-5-19)21-8-10-22(11-9-21)23-12-13-24(17-34)30-15-23/h4-13,15,34,36H,3,14,16-17H2,1-2H3,(H,31,37). The van der Waals surface area contributed by atoms with E-state index in [0.29, 0.717) is 17.9 Å². The molecule has 3 N–H and O–H groups in total. The van der Waals surface area contributed by atoms with Gasteiger partial charge in [0.1, 0.15) is 12.4 Å². The lowest BCUT2D eigenvalue weighted by Crippen LogP contribution is -2.31. The first-order chi connectivity index (χ1) is 18.4. The molecule has 1 amide bonds. The maximum atomic E-state index is 12.5. The highest BCUT2D eigenvalue weighted by atomic mass is 16.5. The third-order valence-electron chi connectivity index (χ3n) is 5.87. The van der Waals surface area contributed by atoms with E-state index in [0.717, 1.165) is 27.8 Å². The molecule has 9 nitrogen and oxygen atoms in total. The van der Waals surface area contributed by atoms with Crippen LogP contribution in [0.15, 0.2) is 66.9 Å². The van der Waals surface area contributed by atoms with Crippen LogP contribution in [0.1, 0.15) is 40.2 Å². The predicted octanol–water partition coefficient (Wildman–Crippen LogP) is 3.60. The topological polar surface area (TPSA) is 135 Å². The number of ether oxygens (including phenoxy) is 1. The van der Waals surface area contributed by atoms with Crippen LogP contribution < -0.4 is 5.32 Å². The molecule has 194 valence electrons. The number of nitrogens with one attached hydrogen (secondary N) is 1. The first-order valence-electron chi connectivity index (χ1n) is 12.1. The van der Waals surface area contributed by atoms with Crippen molar-refractivity contribution in [3.8, 4) is 28.0 Å². The first-order valence-corrected chi connectivity index (χ1v) is 12.1. The number of aromatic nitrogens is 3. The number of benzene rings is 2. The van der Waals surface area contributed by atoms with Crippen LogP contribution in [0.3, 0.4) is 0 Å². The van der Waals surface area contributed by atoms with Crippen molar-refractivity contribution in [3.63, 3.8) is 0 Å². The molecular weight excluding hydrogens is 484 g/mol. The molecular formula is C29H28N4O5. The van der Waals surface area contributed by atoms with Crippen molar-refractivity contribution in [1.29, 1.82) is 0 Å². The van der Waals surface area contributed by atoms with E-state index in [-0.39, 0.29) is 36.9 Å². The number of esters is 1. The van der Waals surface area contributed by atoms with Crippen molar-refractivity contribution in [2.75, 3.05) is 13.2 Å². The first kappa shape index (κ1) is 26.4. The van der Waals surface area contributed by atoms with Gasteiger partial charge in [0.2, 0.25) is 0 Å². The molecule has 38 heavy (non-hydrogen) atoms. The van der Waals surface area contributed by atoms with Gasteiger partial charge in [-0.15, -0.1) is 0 Å². The number of nitrogens with zero attached hydrogens (tertiary/aromatic N) is 3. The maximum Gasteiger partial charge on any atom is 0.325 e. The van der Waals surface area contributed by atoms with Gasteiger partial charge in [0.05, 0.1) is 24.6 Å². The van der Waals surface area contributed by atoms with Crippen LogP contribution in [0.5, 0.6) is 5.75 Å². The quantitative estimate of drug-likeness (QED) is 0.290. The molecule has 0 unspecified atom stereocenters. The number of carbonyl (C=O) groups excluding carboxylic acids is 2. The number of rotatable bonds is 9. The molecule has 0 saturated carbocycles. The Morgan fingerprint density at radius 1 is 0.895 bits per heavy atom. The van der Waals surface area contributed by atoms with Gasteiger partial charge in [0.15, 0.2) is 11.4 Å². The van der Waals surface area contributed by atoms with Gasteiger partial charge in [-0.1, -0.05) is 54.6 Å². The lowest BCUT2D eigenvalue weighted by Gasteiger charge is -2.10. The summed E-state index contributed by atoms with van der Waals surface area (Å²) in [7, 11) is 0. The summed E-state index contributed by atoms with van der Waals surface area (Å²) in [6.45, 7) is 3.07. The van der Waals surface area contributed by atoms with E-state index in [1.54, 1.807) is 26.1 Å². The van der Waals surface area contributed by atoms with Crippen LogP contribution in [0, 0.1) is 6.92 Å². The maximum absolute atomic E-state index is 12.5. The van der Waals surface area contributed by atoms with E-state index in [9.17, 15) is 14.7 Å². The lowest BCUT2D eigenvalue weighted by atomic mass is 9.99. The number of hydrogen-bond acceptors (Lipinski definition) is 8. The molecule has 0 aliphatic rings. The number of aromatic hydroxyl groups is 1. The van der Waals surface area contributed by atoms with Crippen LogP contribution in [0.25, 0.3) is 22.3 Å². The summed E-state index contributed by atoms with van der Waals surface area (Å²) in [6.07, 6.45) is 2.10. The Balaban J connectivity index is 1.45. The average Bonchev–Trinajstić information content (AvgIpc) is 2.94. The largest absolute Gasteiger partial charge is 0.504 e. The molecule has 4 rings (SSSR count). The molecule has 0 bridgehead atoms. The molecule has 0 radical (unpaired) electrons. The minimum absolute atomic E-state index is 0.0820. The summed E-state index contributed by atoms with van der Waals surface area (Å²) < 4.78 is 4.80. The Morgan fingerprint density at radius 3 is 2.08 bits per heavy atom. The highest BCUT2D eigenvalue weighted by Gasteiger charge is 2.19. The predicted molar refractivity (Wildman–Crippen MR) is 141 cm³/mol. The third-order valence-corrected chi connectivity index (χ3v) is 5.87. The molecule has 0 aliphatic carbocycles. The molecule has 0 aliphatic heterocycles. The highest BCUT2D eigenvalue weighted by Crippen LogP contribution is 2.26. The van der Waals surface area contributed by atoms with Crippen molar-refractivity contribution in [3.05, 3.63) is 95.3 Å². The van der Waals surface area contributed by atoms with Crippen LogP contribution in [0.2, 0.25) is 0 Å². The minimum Gasteiger partial charge on any atom is -0.504 e. The highest BCUT2D eigenvalue weighted by molar-refractivity contribution is 5.96. The summed E-state index contributed by atoms with van der Waals surface area (Å²) in [5.41, 5.74) is 5.75. The Kier molecular flexibility index (Phi) is 8.40. The van der Waals surface area contributed by atoms with Gasteiger partial charge in [-0.05, 0) is 42.2 Å². The van der Waals surface area contributed by atoms with Gasteiger partial charge >= 0.3 is 5.97 Å².